The number of allylic oxidation sites excluding steroid dienone is 7. The number of hydrogen-bond donors (Lipinski definition) is 1. The maximum Gasteiger partial charge on any atom is 0.178 e. The molecule has 0 aromatic carbocycles. The van der Waals surface area contributed by atoms with Crippen molar-refractivity contribution in [2.75, 3.05) is 0 Å². The van der Waals surface area contributed by atoms with Gasteiger partial charge in [0.2, 0.25) is 0 Å². The molecule has 4 rings (SSSR count). The molecular weight excluding hydrogens is 260 g/mol. The molecule has 2 heteroatoms. The zero-order valence-electron chi connectivity index (χ0n) is 12.8. The first-order chi connectivity index (χ1) is 9.92. The minimum absolute atomic E-state index is 0.0722. The topological polar surface area (TPSA) is 37.3 Å². The highest BCUT2D eigenvalue weighted by Crippen LogP contribution is 2.59. The fraction of sp³-hybridized carbons (Fsp3) is 0.526. The number of carbonyl (C=O) groups is 1. The van der Waals surface area contributed by atoms with Crippen LogP contribution in [0.3, 0.4) is 0 Å². The lowest BCUT2D eigenvalue weighted by molar-refractivity contribution is -0.110. The molecule has 21 heavy (non-hydrogen) atoms. The fourth-order valence-corrected chi connectivity index (χ4v) is 4.91. The van der Waals surface area contributed by atoms with Crippen LogP contribution in [0.1, 0.15) is 46.0 Å². The van der Waals surface area contributed by atoms with Crippen LogP contribution in [0.5, 0.6) is 0 Å². The molecule has 3 atom stereocenters. The summed E-state index contributed by atoms with van der Waals surface area (Å²) in [4.78, 5) is 11.7. The van der Waals surface area contributed by atoms with Crippen molar-refractivity contribution in [3.63, 3.8) is 0 Å². The van der Waals surface area contributed by atoms with Crippen LogP contribution in [-0.4, -0.2) is 17.0 Å². The molecule has 0 aromatic heterocycles. The largest absolute Gasteiger partial charge is 0.389 e. The van der Waals surface area contributed by atoms with Crippen molar-refractivity contribution in [1.29, 1.82) is 0 Å². The Morgan fingerprint density at radius 1 is 1.24 bits per heavy atom. The standard InChI is InChI=1S/C19H22O2/c1-18-7-6-16-15(17(18)10-14(21)11-18)4-3-12-9-13(20)5-8-19(12,16)2/h5,8-10,14,21H,3-4,6-7,11H2,1-2H3/t14?,18-,19?/m0/s1. The van der Waals surface area contributed by atoms with Gasteiger partial charge in [-0.2, -0.15) is 0 Å². The Bertz CT molecular complexity index is 661. The summed E-state index contributed by atoms with van der Waals surface area (Å²) in [6, 6.07) is 0. The van der Waals surface area contributed by atoms with E-state index in [1.165, 1.54) is 22.3 Å². The average molecular weight is 282 g/mol. The summed E-state index contributed by atoms with van der Waals surface area (Å²) in [5, 5.41) is 10.1. The Morgan fingerprint density at radius 2 is 2.05 bits per heavy atom. The molecule has 4 aliphatic rings. The van der Waals surface area contributed by atoms with E-state index in [1.54, 1.807) is 6.08 Å². The van der Waals surface area contributed by atoms with Gasteiger partial charge in [0.15, 0.2) is 5.78 Å². The lowest BCUT2D eigenvalue weighted by Crippen LogP contribution is -2.34. The summed E-state index contributed by atoms with van der Waals surface area (Å²) >= 11 is 0. The van der Waals surface area contributed by atoms with E-state index in [4.69, 9.17) is 0 Å². The first-order valence-electron chi connectivity index (χ1n) is 8.00. The molecule has 0 saturated carbocycles. The Labute approximate surface area is 125 Å². The van der Waals surface area contributed by atoms with Gasteiger partial charge in [0, 0.05) is 5.41 Å². The van der Waals surface area contributed by atoms with E-state index in [0.29, 0.717) is 0 Å². The molecule has 0 radical (unpaired) electrons. The summed E-state index contributed by atoms with van der Waals surface area (Å²) in [6.07, 6.45) is 12.5. The van der Waals surface area contributed by atoms with E-state index in [0.717, 1.165) is 32.1 Å². The van der Waals surface area contributed by atoms with Gasteiger partial charge in [0.1, 0.15) is 0 Å². The minimum Gasteiger partial charge on any atom is -0.389 e. The van der Waals surface area contributed by atoms with E-state index in [9.17, 15) is 9.90 Å². The van der Waals surface area contributed by atoms with E-state index >= 15 is 0 Å². The predicted octanol–water partition coefficient (Wildman–Crippen LogP) is 3.64. The van der Waals surface area contributed by atoms with Crippen molar-refractivity contribution in [2.24, 2.45) is 10.8 Å². The van der Waals surface area contributed by atoms with Crippen molar-refractivity contribution < 1.29 is 9.90 Å². The molecular formula is C19H22O2. The summed E-state index contributed by atoms with van der Waals surface area (Å²) in [5.74, 6) is 0.127. The van der Waals surface area contributed by atoms with Crippen LogP contribution in [0.15, 0.2) is 46.6 Å². The van der Waals surface area contributed by atoms with Crippen LogP contribution >= 0.6 is 0 Å². The summed E-state index contributed by atoms with van der Waals surface area (Å²) in [7, 11) is 0. The van der Waals surface area contributed by atoms with Crippen molar-refractivity contribution in [3.8, 4) is 0 Å². The Balaban J connectivity index is 1.87. The van der Waals surface area contributed by atoms with Gasteiger partial charge in [-0.3, -0.25) is 4.79 Å². The second-order valence-electron chi connectivity index (χ2n) is 7.48. The molecule has 2 unspecified atom stereocenters. The van der Waals surface area contributed by atoms with E-state index in [2.05, 4.69) is 26.0 Å². The molecule has 0 aromatic rings. The third-order valence-electron chi connectivity index (χ3n) is 6.12. The van der Waals surface area contributed by atoms with Gasteiger partial charge in [0.25, 0.3) is 0 Å². The van der Waals surface area contributed by atoms with Crippen LogP contribution < -0.4 is 0 Å². The smallest absolute Gasteiger partial charge is 0.178 e. The lowest BCUT2D eigenvalue weighted by Gasteiger charge is -2.46. The average Bonchev–Trinajstić information content (AvgIpc) is 2.74. The van der Waals surface area contributed by atoms with Crippen molar-refractivity contribution in [1.82, 2.24) is 0 Å². The first-order valence-corrected chi connectivity index (χ1v) is 8.00. The molecule has 0 bridgehead atoms. The molecule has 2 nitrogen and oxygen atoms in total. The van der Waals surface area contributed by atoms with Gasteiger partial charge in [-0.15, -0.1) is 0 Å². The Morgan fingerprint density at radius 3 is 2.86 bits per heavy atom. The van der Waals surface area contributed by atoms with Gasteiger partial charge in [-0.1, -0.05) is 30.2 Å². The fourth-order valence-electron chi connectivity index (χ4n) is 4.91. The third-order valence-corrected chi connectivity index (χ3v) is 6.12. The van der Waals surface area contributed by atoms with Crippen molar-refractivity contribution in [2.45, 2.75) is 52.1 Å². The zero-order chi connectivity index (χ0) is 14.8. The van der Waals surface area contributed by atoms with Crippen LogP contribution in [0.4, 0.5) is 0 Å². The quantitative estimate of drug-likeness (QED) is 0.736. The second-order valence-corrected chi connectivity index (χ2v) is 7.48. The van der Waals surface area contributed by atoms with Gasteiger partial charge in [-0.25, -0.2) is 0 Å². The highest BCUT2D eigenvalue weighted by molar-refractivity contribution is 6.01. The molecule has 0 amide bonds. The molecule has 0 aliphatic heterocycles. The minimum atomic E-state index is -0.287. The van der Waals surface area contributed by atoms with Crippen LogP contribution in [0.25, 0.3) is 0 Å². The molecule has 1 N–H and O–H groups in total. The van der Waals surface area contributed by atoms with E-state index in [-0.39, 0.29) is 22.7 Å². The lowest BCUT2D eigenvalue weighted by atomic mass is 9.57. The molecule has 0 fully saturated rings. The molecule has 0 saturated heterocycles. The molecule has 0 spiro atoms. The van der Waals surface area contributed by atoms with Crippen LogP contribution in [0, 0.1) is 10.8 Å². The molecule has 4 aliphatic carbocycles. The Hall–Kier alpha value is -1.41. The number of aliphatic hydroxyl groups excluding tert-OH is 1. The molecule has 110 valence electrons. The number of fused-ring (bicyclic) bond motifs is 4. The predicted molar refractivity (Wildman–Crippen MR) is 82.6 cm³/mol. The molecule has 0 heterocycles. The van der Waals surface area contributed by atoms with Crippen molar-refractivity contribution >= 4 is 5.78 Å². The van der Waals surface area contributed by atoms with Crippen molar-refractivity contribution in [3.05, 3.63) is 46.6 Å². The van der Waals surface area contributed by atoms with Gasteiger partial charge >= 0.3 is 0 Å². The first kappa shape index (κ1) is 13.3. The van der Waals surface area contributed by atoms with Crippen LogP contribution in [-0.2, 0) is 4.79 Å². The third kappa shape index (κ3) is 1.72. The number of ketones is 1. The number of carbonyl (C=O) groups excluding carboxylic acids is 1. The maximum atomic E-state index is 11.7. The van der Waals surface area contributed by atoms with Crippen LogP contribution in [0.2, 0.25) is 0 Å². The number of aliphatic hydroxyl groups is 1. The van der Waals surface area contributed by atoms with Gasteiger partial charge in [0.05, 0.1) is 6.10 Å². The van der Waals surface area contributed by atoms with Gasteiger partial charge in [-0.05, 0) is 67.7 Å². The number of rotatable bonds is 0. The summed E-state index contributed by atoms with van der Waals surface area (Å²) in [6.45, 7) is 4.55. The Kier molecular flexibility index (Phi) is 2.57. The highest BCUT2D eigenvalue weighted by Gasteiger charge is 2.47. The normalized spacial score (nSPS) is 41.3. The SMILES string of the molecule is CC12C=CC(=O)C=C1CCC1=C2CC[C@@]2(C)CC(O)C=C12. The second kappa shape index (κ2) is 4.07. The van der Waals surface area contributed by atoms with E-state index in [1.807, 2.05) is 6.08 Å². The zero-order valence-corrected chi connectivity index (χ0v) is 12.8. The van der Waals surface area contributed by atoms with E-state index < -0.39 is 0 Å². The monoisotopic (exact) mass is 282 g/mol. The van der Waals surface area contributed by atoms with Gasteiger partial charge < -0.3 is 5.11 Å². The summed E-state index contributed by atoms with van der Waals surface area (Å²) in [5.41, 5.74) is 5.71. The highest BCUT2D eigenvalue weighted by atomic mass is 16.3. The maximum absolute atomic E-state index is 11.7. The number of hydrogen-bond acceptors (Lipinski definition) is 2. The summed E-state index contributed by atoms with van der Waals surface area (Å²) < 4.78 is 0.